The molecule has 30 nitrogen and oxygen atoms in total. The number of Topliss-reactive ketones (excluding diaryl/α,β-unsaturated/α-hetero) is 1. The molecule has 4 aliphatic rings. The molecule has 0 saturated carbocycles. The lowest BCUT2D eigenvalue weighted by molar-refractivity contribution is -0.130. The molecular weight excluding hydrogens is 1120 g/mol. The van der Waals surface area contributed by atoms with E-state index in [-0.39, 0.29) is 77.1 Å². The zero-order chi connectivity index (χ0) is 58.8. The number of carbonyl (C=O) groups is 5. The van der Waals surface area contributed by atoms with Crippen LogP contribution in [0.25, 0.3) is 22.3 Å². The van der Waals surface area contributed by atoms with Gasteiger partial charge in [-0.1, -0.05) is 45.9 Å². The smallest absolute Gasteiger partial charge is 0.413 e. The van der Waals surface area contributed by atoms with Crippen molar-refractivity contribution in [1.29, 1.82) is 0 Å². The number of allylic oxidation sites excluding steroid dienone is 1. The van der Waals surface area contributed by atoms with E-state index in [1.54, 1.807) is 42.2 Å². The molecule has 8 heterocycles. The monoisotopic (exact) mass is 1180 g/mol. The Hall–Kier alpha value is -7.11. The number of ether oxygens (including phenoxy) is 3. The second-order valence-corrected chi connectivity index (χ2v) is 24.6. The number of nitrogen functional groups attached to an aromatic ring is 1. The van der Waals surface area contributed by atoms with Gasteiger partial charge in [-0.3, -0.25) is 61.6 Å². The molecule has 0 radical (unpaired) electrons. The Morgan fingerprint density at radius 1 is 0.841 bits per heavy atom. The number of aliphatic hydroxyl groups is 2. The van der Waals surface area contributed by atoms with Crippen LogP contribution in [0.3, 0.4) is 0 Å². The number of aromatic nitrogens is 8. The minimum absolute atomic E-state index is 0.0415. The molecule has 1 aromatic carbocycles. The van der Waals surface area contributed by atoms with Crippen molar-refractivity contribution in [3.63, 3.8) is 0 Å². The van der Waals surface area contributed by atoms with Crippen LogP contribution < -0.4 is 27.2 Å². The Kier molecular flexibility index (Phi) is 18.0. The molecule has 440 valence electrons. The first-order chi connectivity index (χ1) is 39.0. The molecular formula is C50H63N13O17P2. The third-order valence-electron chi connectivity index (χ3n) is 14.0. The van der Waals surface area contributed by atoms with Crippen LogP contribution in [0.4, 0.5) is 22.2 Å². The topological polar surface area (TPSA) is 397 Å². The lowest BCUT2D eigenvalue weighted by atomic mass is 9.92. The number of carbonyl (C=O) groups excluding carboxylic acids is 5. The number of nitrogens with one attached hydrogen (secondary N) is 4. The van der Waals surface area contributed by atoms with Crippen LogP contribution in [0.15, 0.2) is 72.5 Å². The molecule has 2 bridgehead atoms. The summed E-state index contributed by atoms with van der Waals surface area (Å²) < 4.78 is 71.6. The second kappa shape index (κ2) is 24.8. The van der Waals surface area contributed by atoms with Gasteiger partial charge in [-0.15, -0.1) is 0 Å². The average molecular weight is 1180 g/mol. The summed E-state index contributed by atoms with van der Waals surface area (Å²) in [5.74, 6) is -2.33. The van der Waals surface area contributed by atoms with E-state index in [9.17, 15) is 48.1 Å². The van der Waals surface area contributed by atoms with Crippen molar-refractivity contribution in [2.45, 2.75) is 115 Å². The molecule has 4 unspecified atom stereocenters. The number of H-pyrrole nitrogens is 1. The number of aromatic amines is 1. The molecule has 8 N–H and O–H groups in total. The Morgan fingerprint density at radius 3 is 2.21 bits per heavy atom. The number of fused-ring (bicyclic) bond motifs is 5. The van der Waals surface area contributed by atoms with Crippen LogP contribution in [0, 0.1) is 11.8 Å². The fourth-order valence-electron chi connectivity index (χ4n) is 9.68. The van der Waals surface area contributed by atoms with E-state index in [0.717, 1.165) is 19.7 Å². The number of anilines is 3. The summed E-state index contributed by atoms with van der Waals surface area (Å²) in [6.07, 6.45) is -3.56. The van der Waals surface area contributed by atoms with Crippen molar-refractivity contribution < 1.29 is 75.6 Å². The van der Waals surface area contributed by atoms with Crippen LogP contribution in [-0.4, -0.2) is 160 Å². The van der Waals surface area contributed by atoms with E-state index < -0.39 is 107 Å². The van der Waals surface area contributed by atoms with Crippen molar-refractivity contribution in [1.82, 2.24) is 49.3 Å². The van der Waals surface area contributed by atoms with Gasteiger partial charge in [0.05, 0.1) is 31.9 Å². The molecule has 3 fully saturated rings. The molecule has 5 aromatic rings. The number of imidazole rings is 2. The van der Waals surface area contributed by atoms with Gasteiger partial charge in [0.1, 0.15) is 49.6 Å². The molecule has 12 atom stereocenters. The average Bonchev–Trinajstić information content (AvgIpc) is 3.04. The predicted molar refractivity (Wildman–Crippen MR) is 289 cm³/mol. The van der Waals surface area contributed by atoms with Gasteiger partial charge in [-0.2, -0.15) is 4.98 Å². The van der Waals surface area contributed by atoms with Crippen LogP contribution in [0.5, 0.6) is 0 Å². The zero-order valence-corrected chi connectivity index (χ0v) is 47.0. The molecule has 3 saturated heterocycles. The first-order valence-electron chi connectivity index (χ1n) is 26.2. The number of hydrogen-bond donors (Lipinski definition) is 7. The molecule has 82 heavy (non-hydrogen) atoms. The summed E-state index contributed by atoms with van der Waals surface area (Å²) in [4.78, 5) is 102. The van der Waals surface area contributed by atoms with Gasteiger partial charge >= 0.3 is 21.3 Å². The minimum Gasteiger partial charge on any atom is -0.444 e. The molecule has 4 aromatic heterocycles. The van der Waals surface area contributed by atoms with Gasteiger partial charge in [0, 0.05) is 56.1 Å². The molecule has 0 aliphatic carbocycles. The highest BCUT2D eigenvalue weighted by molar-refractivity contribution is 7.53. The highest BCUT2D eigenvalue weighted by atomic mass is 31.2. The third-order valence-corrected chi connectivity index (χ3v) is 16.5. The number of hydrogen-bond acceptors (Lipinski definition) is 23. The van der Waals surface area contributed by atoms with Gasteiger partial charge in [-0.05, 0) is 42.5 Å². The van der Waals surface area contributed by atoms with Crippen LogP contribution >= 0.6 is 15.2 Å². The molecule has 0 spiro atoms. The summed E-state index contributed by atoms with van der Waals surface area (Å²) in [5, 5.41) is 31.2. The SMILES string of the molecule is C=C1C=CC(=O)N1CCCCCC(=O)N[C@H](C(=O)C[C@@H](C)C(=O)Nc1ccc(COC(=O)Nc2ncnc3c2ncn3[C@@H]2O[C@@H]3COP(C)(=O)O[C@@H]4C(O)[C@H](n5cnc6c(=O)[nH]c(N)nc65)O[C@@H]4COP(C)(=O)O[C@H]2C3O)cc1)C(C)C. The van der Waals surface area contributed by atoms with Crippen molar-refractivity contribution >= 4 is 84.6 Å². The Balaban J connectivity index is 0.772. The van der Waals surface area contributed by atoms with Crippen molar-refractivity contribution in [3.05, 3.63) is 83.6 Å². The highest BCUT2D eigenvalue weighted by Crippen LogP contribution is 2.54. The number of benzene rings is 1. The normalized spacial score (nSPS) is 27.4. The minimum atomic E-state index is -4.22. The van der Waals surface area contributed by atoms with E-state index >= 15 is 0 Å². The maximum absolute atomic E-state index is 14.1. The number of aliphatic hydroxyl groups excluding tert-OH is 2. The lowest BCUT2D eigenvalue weighted by Crippen LogP contribution is -2.45. The number of amides is 4. The van der Waals surface area contributed by atoms with Gasteiger partial charge in [-0.25, -0.2) is 24.7 Å². The fraction of sp³-hybridized carbons (Fsp3) is 0.500. The number of rotatable bonds is 18. The first kappa shape index (κ1) is 59.5. The Morgan fingerprint density at radius 2 is 1.51 bits per heavy atom. The van der Waals surface area contributed by atoms with Crippen molar-refractivity contribution in [2.75, 3.05) is 49.5 Å². The van der Waals surface area contributed by atoms with Gasteiger partial charge < -0.3 is 54.7 Å². The maximum Gasteiger partial charge on any atom is 0.413 e. The van der Waals surface area contributed by atoms with Gasteiger partial charge in [0.2, 0.25) is 17.8 Å². The van der Waals surface area contributed by atoms with Gasteiger partial charge in [0.25, 0.3) is 11.5 Å². The summed E-state index contributed by atoms with van der Waals surface area (Å²) in [6.45, 7) is 10.5. The van der Waals surface area contributed by atoms with Crippen molar-refractivity contribution in [3.8, 4) is 0 Å². The number of nitrogens with two attached hydrogens (primary N) is 1. The van der Waals surface area contributed by atoms with E-state index in [1.165, 1.54) is 27.9 Å². The fourth-order valence-corrected chi connectivity index (χ4v) is 12.0. The van der Waals surface area contributed by atoms with E-state index in [4.69, 9.17) is 38.0 Å². The molecule has 9 rings (SSSR count). The summed E-state index contributed by atoms with van der Waals surface area (Å²) >= 11 is 0. The second-order valence-electron chi connectivity index (χ2n) is 20.6. The van der Waals surface area contributed by atoms with Crippen molar-refractivity contribution in [2.24, 2.45) is 11.8 Å². The number of unbranched alkanes of at least 4 members (excludes halogenated alkanes) is 2. The largest absolute Gasteiger partial charge is 0.444 e. The quantitative estimate of drug-likeness (QED) is 0.0488. The third kappa shape index (κ3) is 13.5. The Bertz CT molecular complexity index is 3430. The molecule has 32 heteroatoms. The Labute approximate surface area is 467 Å². The zero-order valence-electron chi connectivity index (χ0n) is 45.2. The van der Waals surface area contributed by atoms with Crippen LogP contribution in [0.2, 0.25) is 0 Å². The van der Waals surface area contributed by atoms with E-state index in [0.29, 0.717) is 42.8 Å². The van der Waals surface area contributed by atoms with Gasteiger partial charge in [0.15, 0.2) is 46.4 Å². The summed E-state index contributed by atoms with van der Waals surface area (Å²) in [5.41, 5.74) is 6.67. The van der Waals surface area contributed by atoms with E-state index in [1.807, 2.05) is 13.8 Å². The summed E-state index contributed by atoms with van der Waals surface area (Å²) in [6, 6.07) is 5.68. The highest BCUT2D eigenvalue weighted by Gasteiger charge is 2.53. The van der Waals surface area contributed by atoms with E-state index in [2.05, 4.69) is 52.4 Å². The van der Waals surface area contributed by atoms with Crippen LogP contribution in [0.1, 0.15) is 70.9 Å². The van der Waals surface area contributed by atoms with Crippen LogP contribution in [-0.2, 0) is 67.2 Å². The molecule has 4 aliphatic heterocycles. The summed E-state index contributed by atoms with van der Waals surface area (Å²) in [7, 11) is -8.37. The first-order valence-corrected chi connectivity index (χ1v) is 30.2. The number of nitrogens with zero attached hydrogens (tertiary/aromatic N) is 8. The molecule has 4 amide bonds. The lowest BCUT2D eigenvalue weighted by Gasteiger charge is -2.27. The maximum atomic E-state index is 14.1. The number of ketones is 1. The standard InChI is InChI=1S/C50H63N13O17P2/c1-25(2)35(57-33(65)10-8-7-9-17-61-27(4)11-16-34(61)66)30(64)18-26(3)45(69)56-29-14-12-28(13-15-29)19-74-50(71)58-42-36-43(53-22-52-42)62(23-54-36)48-41-38(67)31(77-48)20-75-81(5,72)79-40-32(21-76-82(6,73)80-41)78-47(39(40)68)63-24-55-37-44(63)59-49(51)60-46(37)70/h11-16,22-26,31-32,35,38-41,47-48,67-68H,4,7-10,17-21H2,1-3,5-6H3,(H,56,69)(H,57,65)(H3,51,59,60,70)(H,52,53,58,71)/t26-,31-,32-,35+,38?,39?,40+,41+,47-,48-,81?,82?/m1/s1. The predicted octanol–water partition coefficient (Wildman–Crippen LogP) is 3.42.